The SMILES string of the molecule is C.Cc1ccccc1-c1ncnc(Nc2n[nH]c3c2CCCC3)n1. The Bertz CT molecular complexity index is 839. The fourth-order valence-corrected chi connectivity index (χ4v) is 3.00. The fraction of sp³-hybridized carbons (Fsp3) is 0.333. The van der Waals surface area contributed by atoms with Crippen molar-refractivity contribution in [3.8, 4) is 11.4 Å². The van der Waals surface area contributed by atoms with Gasteiger partial charge in [-0.25, -0.2) is 9.97 Å². The van der Waals surface area contributed by atoms with Gasteiger partial charge in [-0.05, 0) is 38.2 Å². The molecule has 0 bridgehead atoms. The van der Waals surface area contributed by atoms with Crippen LogP contribution in [0.2, 0.25) is 0 Å². The zero-order chi connectivity index (χ0) is 15.6. The largest absolute Gasteiger partial charge is 0.307 e. The zero-order valence-corrected chi connectivity index (χ0v) is 13.0. The maximum absolute atomic E-state index is 4.54. The molecule has 1 aromatic carbocycles. The summed E-state index contributed by atoms with van der Waals surface area (Å²) in [6, 6.07) is 8.07. The Hall–Kier alpha value is -2.76. The number of benzene rings is 1. The molecule has 0 amide bonds. The van der Waals surface area contributed by atoms with Crippen LogP contribution in [0.3, 0.4) is 0 Å². The van der Waals surface area contributed by atoms with Gasteiger partial charge in [-0.2, -0.15) is 10.1 Å². The van der Waals surface area contributed by atoms with E-state index in [0.717, 1.165) is 29.8 Å². The van der Waals surface area contributed by atoms with Crippen molar-refractivity contribution < 1.29 is 0 Å². The monoisotopic (exact) mass is 322 g/mol. The molecule has 0 aliphatic heterocycles. The molecule has 0 radical (unpaired) electrons. The topological polar surface area (TPSA) is 79.4 Å². The molecule has 1 aliphatic rings. The molecule has 6 heteroatoms. The first-order valence-electron chi connectivity index (χ1n) is 7.89. The Labute approximate surface area is 141 Å². The summed E-state index contributed by atoms with van der Waals surface area (Å²) >= 11 is 0. The highest BCUT2D eigenvalue weighted by Gasteiger charge is 2.17. The molecule has 2 N–H and O–H groups in total. The minimum atomic E-state index is 0. The lowest BCUT2D eigenvalue weighted by Crippen LogP contribution is -2.05. The normalized spacial score (nSPS) is 13.0. The first-order chi connectivity index (χ1) is 11.3. The Morgan fingerprint density at radius 1 is 1.08 bits per heavy atom. The van der Waals surface area contributed by atoms with Crippen LogP contribution >= 0.6 is 0 Å². The van der Waals surface area contributed by atoms with Crippen LogP contribution in [0.4, 0.5) is 11.8 Å². The summed E-state index contributed by atoms with van der Waals surface area (Å²) in [5.74, 6) is 2.03. The lowest BCUT2D eigenvalue weighted by molar-refractivity contribution is 0.675. The number of fused-ring (bicyclic) bond motifs is 1. The molecule has 0 spiro atoms. The van der Waals surface area contributed by atoms with Crippen molar-refractivity contribution in [3.05, 3.63) is 47.4 Å². The average Bonchev–Trinajstić information content (AvgIpc) is 2.99. The van der Waals surface area contributed by atoms with Gasteiger partial charge in [0.05, 0.1) is 0 Å². The molecule has 1 aliphatic carbocycles. The maximum atomic E-state index is 4.54. The molecule has 6 nitrogen and oxygen atoms in total. The van der Waals surface area contributed by atoms with Crippen LogP contribution in [0.1, 0.15) is 37.1 Å². The number of aryl methyl sites for hydroxylation is 2. The summed E-state index contributed by atoms with van der Waals surface area (Å²) in [7, 11) is 0. The summed E-state index contributed by atoms with van der Waals surface area (Å²) in [6.07, 6.45) is 6.07. The van der Waals surface area contributed by atoms with Gasteiger partial charge in [-0.15, -0.1) is 0 Å². The maximum Gasteiger partial charge on any atom is 0.231 e. The number of hydrogen-bond acceptors (Lipinski definition) is 5. The second-order valence-corrected chi connectivity index (χ2v) is 5.81. The van der Waals surface area contributed by atoms with E-state index in [1.807, 2.05) is 18.2 Å². The molecular weight excluding hydrogens is 300 g/mol. The van der Waals surface area contributed by atoms with Crippen molar-refractivity contribution in [3.63, 3.8) is 0 Å². The lowest BCUT2D eigenvalue weighted by Gasteiger charge is -2.11. The van der Waals surface area contributed by atoms with Crippen LogP contribution in [0, 0.1) is 6.92 Å². The number of anilines is 2. The predicted molar refractivity (Wildman–Crippen MR) is 95.2 cm³/mol. The fourth-order valence-electron chi connectivity index (χ4n) is 3.00. The second-order valence-electron chi connectivity index (χ2n) is 5.81. The molecule has 0 fully saturated rings. The van der Waals surface area contributed by atoms with E-state index in [9.17, 15) is 0 Å². The number of aromatic nitrogens is 5. The van der Waals surface area contributed by atoms with Crippen molar-refractivity contribution >= 4 is 11.8 Å². The molecule has 2 aromatic heterocycles. The van der Waals surface area contributed by atoms with Gasteiger partial charge < -0.3 is 5.32 Å². The molecule has 3 aromatic rings. The first-order valence-corrected chi connectivity index (χ1v) is 7.89. The average molecular weight is 322 g/mol. The summed E-state index contributed by atoms with van der Waals surface area (Å²) in [4.78, 5) is 13.1. The van der Waals surface area contributed by atoms with Crippen molar-refractivity contribution in [1.29, 1.82) is 0 Å². The molecule has 24 heavy (non-hydrogen) atoms. The van der Waals surface area contributed by atoms with Crippen molar-refractivity contribution in [2.24, 2.45) is 0 Å². The van der Waals surface area contributed by atoms with Gasteiger partial charge in [-0.1, -0.05) is 31.7 Å². The van der Waals surface area contributed by atoms with Gasteiger partial charge >= 0.3 is 0 Å². The minimum Gasteiger partial charge on any atom is -0.307 e. The predicted octanol–water partition coefficient (Wildman–Crippen LogP) is 3.83. The van der Waals surface area contributed by atoms with Crippen molar-refractivity contribution in [1.82, 2.24) is 25.1 Å². The molecule has 0 saturated carbocycles. The quantitative estimate of drug-likeness (QED) is 0.766. The van der Waals surface area contributed by atoms with Crippen LogP contribution in [0.15, 0.2) is 30.6 Å². The van der Waals surface area contributed by atoms with Crippen LogP contribution in [-0.4, -0.2) is 25.1 Å². The summed E-state index contributed by atoms with van der Waals surface area (Å²) < 4.78 is 0. The number of aromatic amines is 1. The third-order valence-electron chi connectivity index (χ3n) is 4.24. The molecule has 2 heterocycles. The van der Waals surface area contributed by atoms with Gasteiger partial charge in [0.25, 0.3) is 0 Å². The molecule has 0 atom stereocenters. The Kier molecular flexibility index (Phi) is 4.55. The van der Waals surface area contributed by atoms with E-state index in [-0.39, 0.29) is 7.43 Å². The number of nitrogens with zero attached hydrogens (tertiary/aromatic N) is 4. The second kappa shape index (κ2) is 6.78. The van der Waals surface area contributed by atoms with Crippen molar-refractivity contribution in [2.75, 3.05) is 5.32 Å². The van der Waals surface area contributed by atoms with Gasteiger partial charge in [0.1, 0.15) is 6.33 Å². The number of nitrogens with one attached hydrogen (secondary N) is 2. The third-order valence-corrected chi connectivity index (χ3v) is 4.24. The van der Waals surface area contributed by atoms with E-state index in [4.69, 9.17) is 0 Å². The highest BCUT2D eigenvalue weighted by molar-refractivity contribution is 5.62. The molecular formula is C18H22N6. The third kappa shape index (κ3) is 2.99. The lowest BCUT2D eigenvalue weighted by atomic mass is 9.98. The highest BCUT2D eigenvalue weighted by Crippen LogP contribution is 2.27. The van der Waals surface area contributed by atoms with Crippen LogP contribution < -0.4 is 5.32 Å². The Morgan fingerprint density at radius 2 is 1.92 bits per heavy atom. The van der Waals surface area contributed by atoms with E-state index in [2.05, 4.69) is 43.5 Å². The van der Waals surface area contributed by atoms with E-state index < -0.39 is 0 Å². The van der Waals surface area contributed by atoms with E-state index in [1.165, 1.54) is 30.4 Å². The molecule has 0 saturated heterocycles. The summed E-state index contributed by atoms with van der Waals surface area (Å²) in [5, 5.41) is 10.7. The van der Waals surface area contributed by atoms with E-state index in [1.54, 1.807) is 0 Å². The molecule has 0 unspecified atom stereocenters. The first kappa shape index (κ1) is 16.1. The van der Waals surface area contributed by atoms with Crippen molar-refractivity contribution in [2.45, 2.75) is 40.0 Å². The summed E-state index contributed by atoms with van der Waals surface area (Å²) in [6.45, 7) is 2.05. The van der Waals surface area contributed by atoms with Gasteiger partial charge in [0.2, 0.25) is 5.95 Å². The van der Waals surface area contributed by atoms with Gasteiger partial charge in [-0.3, -0.25) is 5.10 Å². The number of rotatable bonds is 3. The molecule has 124 valence electrons. The number of H-pyrrole nitrogens is 1. The summed E-state index contributed by atoms with van der Waals surface area (Å²) in [5.41, 5.74) is 4.64. The zero-order valence-electron chi connectivity index (χ0n) is 13.0. The highest BCUT2D eigenvalue weighted by atomic mass is 15.2. The number of hydrogen-bond donors (Lipinski definition) is 2. The van der Waals surface area contributed by atoms with E-state index >= 15 is 0 Å². The standard InChI is InChI=1S/C17H18N6.CH4/c1-11-6-2-3-7-12(11)15-18-10-19-17(20-15)21-16-13-8-4-5-9-14(13)22-23-16;/h2-3,6-7,10H,4-5,8-9H2,1H3,(H2,18,19,20,21,22,23);1H4. The van der Waals surface area contributed by atoms with Crippen LogP contribution in [-0.2, 0) is 12.8 Å². The van der Waals surface area contributed by atoms with Crippen LogP contribution in [0.25, 0.3) is 11.4 Å². The Morgan fingerprint density at radius 3 is 2.79 bits per heavy atom. The smallest absolute Gasteiger partial charge is 0.231 e. The molecule has 4 rings (SSSR count). The minimum absolute atomic E-state index is 0. The van der Waals surface area contributed by atoms with Gasteiger partial charge in [0, 0.05) is 16.8 Å². The Balaban J connectivity index is 0.00000169. The van der Waals surface area contributed by atoms with E-state index in [0.29, 0.717) is 11.8 Å². The van der Waals surface area contributed by atoms with Crippen LogP contribution in [0.5, 0.6) is 0 Å². The van der Waals surface area contributed by atoms with Gasteiger partial charge in [0.15, 0.2) is 11.6 Å².